The molecule has 5 nitrogen and oxygen atoms in total. The van der Waals surface area contributed by atoms with E-state index in [4.69, 9.17) is 0 Å². The predicted molar refractivity (Wildman–Crippen MR) is 88.7 cm³/mol. The smallest absolute Gasteiger partial charge is 0.225 e. The summed E-state index contributed by atoms with van der Waals surface area (Å²) >= 11 is 1.64. The number of amides is 2. The molecule has 2 aromatic rings. The first kappa shape index (κ1) is 15.7. The molecule has 1 fully saturated rings. The second-order valence-electron chi connectivity index (χ2n) is 5.74. The fraction of sp³-hybridized carbons (Fsp3) is 0.353. The van der Waals surface area contributed by atoms with E-state index in [0.717, 1.165) is 10.6 Å². The Labute approximate surface area is 139 Å². The summed E-state index contributed by atoms with van der Waals surface area (Å²) in [6.07, 6.45) is 1.99. The number of hydrogen-bond donors (Lipinski definition) is 1. The van der Waals surface area contributed by atoms with E-state index in [-0.39, 0.29) is 24.2 Å². The fourth-order valence-corrected chi connectivity index (χ4v) is 3.53. The van der Waals surface area contributed by atoms with Crippen LogP contribution in [0.25, 0.3) is 0 Å². The van der Waals surface area contributed by atoms with Crippen molar-refractivity contribution in [3.63, 3.8) is 0 Å². The molecule has 1 aliphatic heterocycles. The quantitative estimate of drug-likeness (QED) is 0.914. The molecule has 1 unspecified atom stereocenters. The topological polar surface area (TPSA) is 62.3 Å². The van der Waals surface area contributed by atoms with Crippen LogP contribution < -0.4 is 5.32 Å². The van der Waals surface area contributed by atoms with Gasteiger partial charge in [0.1, 0.15) is 0 Å². The average Bonchev–Trinajstić information content (AvgIpc) is 3.12. The van der Waals surface area contributed by atoms with Crippen molar-refractivity contribution in [2.45, 2.75) is 26.4 Å². The van der Waals surface area contributed by atoms with Crippen LogP contribution in [0.15, 0.2) is 35.8 Å². The normalized spacial score (nSPS) is 17.5. The summed E-state index contributed by atoms with van der Waals surface area (Å²) in [6.45, 7) is 3.50. The maximum absolute atomic E-state index is 12.3. The molecule has 1 saturated heterocycles. The van der Waals surface area contributed by atoms with Crippen LogP contribution in [-0.2, 0) is 22.7 Å². The van der Waals surface area contributed by atoms with E-state index in [1.807, 2.05) is 36.6 Å². The molecule has 6 heteroatoms. The summed E-state index contributed by atoms with van der Waals surface area (Å²) in [6, 6.07) is 7.68. The van der Waals surface area contributed by atoms with Gasteiger partial charge in [0.2, 0.25) is 11.8 Å². The number of nitrogens with one attached hydrogen (secondary N) is 1. The lowest BCUT2D eigenvalue weighted by molar-refractivity contribution is -0.129. The van der Waals surface area contributed by atoms with E-state index < -0.39 is 0 Å². The summed E-state index contributed by atoms with van der Waals surface area (Å²) in [5, 5.41) is 4.97. The zero-order chi connectivity index (χ0) is 16.2. The van der Waals surface area contributed by atoms with E-state index >= 15 is 0 Å². The van der Waals surface area contributed by atoms with E-state index in [0.29, 0.717) is 19.6 Å². The number of rotatable bonds is 5. The zero-order valence-corrected chi connectivity index (χ0v) is 13.8. The van der Waals surface area contributed by atoms with Gasteiger partial charge < -0.3 is 10.2 Å². The average molecular weight is 329 g/mol. The first-order valence-electron chi connectivity index (χ1n) is 7.62. The molecule has 1 atom stereocenters. The van der Waals surface area contributed by atoms with Crippen LogP contribution in [0.3, 0.4) is 0 Å². The number of aryl methyl sites for hydroxylation is 1. The van der Waals surface area contributed by atoms with Crippen LogP contribution in [0.5, 0.6) is 0 Å². The maximum atomic E-state index is 12.3. The minimum Gasteiger partial charge on any atom is -0.351 e. The third-order valence-corrected chi connectivity index (χ3v) is 5.08. The van der Waals surface area contributed by atoms with Crippen molar-refractivity contribution < 1.29 is 9.59 Å². The lowest BCUT2D eigenvalue weighted by atomic mass is 10.1. The van der Waals surface area contributed by atoms with Crippen molar-refractivity contribution in [3.05, 3.63) is 52.0 Å². The van der Waals surface area contributed by atoms with Crippen molar-refractivity contribution in [2.75, 3.05) is 6.54 Å². The van der Waals surface area contributed by atoms with E-state index in [2.05, 4.69) is 10.3 Å². The van der Waals surface area contributed by atoms with Crippen molar-refractivity contribution in [3.8, 4) is 0 Å². The van der Waals surface area contributed by atoms with Gasteiger partial charge in [-0.1, -0.05) is 6.07 Å². The van der Waals surface area contributed by atoms with Crippen molar-refractivity contribution in [1.82, 2.24) is 15.2 Å². The van der Waals surface area contributed by atoms with Gasteiger partial charge in [0.05, 0.1) is 24.7 Å². The number of hydrogen-bond acceptors (Lipinski definition) is 4. The Balaban J connectivity index is 1.54. The highest BCUT2D eigenvalue weighted by atomic mass is 32.1. The molecule has 23 heavy (non-hydrogen) atoms. The Bertz CT molecular complexity index is 699. The predicted octanol–water partition coefficient (Wildman–Crippen LogP) is 2.12. The largest absolute Gasteiger partial charge is 0.351 e. The molecule has 120 valence electrons. The number of aromatic nitrogens is 1. The van der Waals surface area contributed by atoms with Gasteiger partial charge in [-0.05, 0) is 36.1 Å². The van der Waals surface area contributed by atoms with Gasteiger partial charge in [0.25, 0.3) is 0 Å². The molecule has 0 spiro atoms. The van der Waals surface area contributed by atoms with Crippen molar-refractivity contribution in [1.29, 1.82) is 0 Å². The number of carbonyl (C=O) groups is 2. The molecule has 1 N–H and O–H groups in total. The van der Waals surface area contributed by atoms with Crippen LogP contribution in [0.2, 0.25) is 0 Å². The van der Waals surface area contributed by atoms with Gasteiger partial charge in [-0.2, -0.15) is 0 Å². The SMILES string of the molecule is Cc1ccsc1CNC(=O)C1CC(=O)N(Cc2ccccn2)C1. The fourth-order valence-electron chi connectivity index (χ4n) is 2.68. The molecule has 3 rings (SSSR count). The van der Waals surface area contributed by atoms with Crippen LogP contribution in [0.4, 0.5) is 0 Å². The standard InChI is InChI=1S/C17H19N3O2S/c1-12-5-7-23-15(12)9-19-17(22)13-8-16(21)20(10-13)11-14-4-2-3-6-18-14/h2-7,13H,8-11H2,1H3,(H,19,22). The summed E-state index contributed by atoms with van der Waals surface area (Å²) in [7, 11) is 0. The highest BCUT2D eigenvalue weighted by Crippen LogP contribution is 2.21. The third-order valence-electron chi connectivity index (χ3n) is 4.06. The lowest BCUT2D eigenvalue weighted by Crippen LogP contribution is -2.32. The lowest BCUT2D eigenvalue weighted by Gasteiger charge is -2.16. The van der Waals surface area contributed by atoms with Gasteiger partial charge in [-0.3, -0.25) is 14.6 Å². The minimum atomic E-state index is -0.272. The second-order valence-corrected chi connectivity index (χ2v) is 6.74. The molecule has 0 saturated carbocycles. The Morgan fingerprint density at radius 2 is 2.30 bits per heavy atom. The highest BCUT2D eigenvalue weighted by Gasteiger charge is 2.34. The molecule has 3 heterocycles. The first-order valence-corrected chi connectivity index (χ1v) is 8.50. The van der Waals surface area contributed by atoms with Crippen LogP contribution >= 0.6 is 11.3 Å². The van der Waals surface area contributed by atoms with Crippen LogP contribution in [0.1, 0.15) is 22.6 Å². The second kappa shape index (κ2) is 6.91. The molecule has 0 radical (unpaired) electrons. The van der Waals surface area contributed by atoms with E-state index in [1.54, 1.807) is 22.4 Å². The monoisotopic (exact) mass is 329 g/mol. The van der Waals surface area contributed by atoms with Gasteiger partial charge >= 0.3 is 0 Å². The highest BCUT2D eigenvalue weighted by molar-refractivity contribution is 7.10. The van der Waals surface area contributed by atoms with Gasteiger partial charge in [-0.15, -0.1) is 11.3 Å². The Hall–Kier alpha value is -2.21. The van der Waals surface area contributed by atoms with Crippen molar-refractivity contribution >= 4 is 23.2 Å². The minimum absolute atomic E-state index is 0.0168. The number of thiophene rings is 1. The molecule has 2 aromatic heterocycles. The number of carbonyl (C=O) groups excluding carboxylic acids is 2. The summed E-state index contributed by atoms with van der Waals surface area (Å²) in [4.78, 5) is 31.5. The van der Waals surface area contributed by atoms with E-state index in [9.17, 15) is 9.59 Å². The molecule has 2 amide bonds. The van der Waals surface area contributed by atoms with Gasteiger partial charge in [-0.25, -0.2) is 0 Å². The van der Waals surface area contributed by atoms with Crippen LogP contribution in [-0.4, -0.2) is 28.2 Å². The van der Waals surface area contributed by atoms with Crippen LogP contribution in [0, 0.1) is 12.8 Å². The molecular weight excluding hydrogens is 310 g/mol. The molecule has 0 aliphatic carbocycles. The number of nitrogens with zero attached hydrogens (tertiary/aromatic N) is 2. The number of pyridine rings is 1. The van der Waals surface area contributed by atoms with Gasteiger partial charge in [0, 0.05) is 24.0 Å². The van der Waals surface area contributed by atoms with Gasteiger partial charge in [0.15, 0.2) is 0 Å². The Morgan fingerprint density at radius 1 is 1.43 bits per heavy atom. The summed E-state index contributed by atoms with van der Waals surface area (Å²) < 4.78 is 0. The Morgan fingerprint density at radius 3 is 3.00 bits per heavy atom. The maximum Gasteiger partial charge on any atom is 0.225 e. The van der Waals surface area contributed by atoms with E-state index in [1.165, 1.54) is 5.56 Å². The molecule has 0 aromatic carbocycles. The number of likely N-dealkylation sites (tertiary alicyclic amines) is 1. The van der Waals surface area contributed by atoms with Crippen molar-refractivity contribution in [2.24, 2.45) is 5.92 Å². The first-order chi connectivity index (χ1) is 11.1. The Kier molecular flexibility index (Phi) is 4.71. The summed E-state index contributed by atoms with van der Waals surface area (Å²) in [5.74, 6) is -0.302. The molecule has 0 bridgehead atoms. The third kappa shape index (κ3) is 3.76. The summed E-state index contributed by atoms with van der Waals surface area (Å²) in [5.41, 5.74) is 2.03. The molecular formula is C17H19N3O2S. The zero-order valence-electron chi connectivity index (χ0n) is 13.0. The molecule has 1 aliphatic rings.